The van der Waals surface area contributed by atoms with Crippen molar-refractivity contribution in [2.45, 2.75) is 6.42 Å². The van der Waals surface area contributed by atoms with E-state index in [1.165, 1.54) is 32.7 Å². The summed E-state index contributed by atoms with van der Waals surface area (Å²) in [5, 5.41) is 11.2. The Morgan fingerprint density at radius 3 is 2.39 bits per heavy atom. The van der Waals surface area contributed by atoms with Gasteiger partial charge in [0.1, 0.15) is 12.1 Å². The predicted octanol–water partition coefficient (Wildman–Crippen LogP) is 3.94. The molecule has 0 aliphatic carbocycles. The topological polar surface area (TPSA) is 87.4 Å². The number of nitro benzene ring substituents is 1. The van der Waals surface area contributed by atoms with Gasteiger partial charge in [-0.05, 0) is 23.8 Å². The van der Waals surface area contributed by atoms with E-state index in [2.05, 4.69) is 9.97 Å². The molecular weight excluding hydrogens is 372 g/mol. The molecule has 0 unspecified atom stereocenters. The van der Waals surface area contributed by atoms with Gasteiger partial charge < -0.3 is 9.47 Å². The molecule has 0 fully saturated rings. The van der Waals surface area contributed by atoms with Crippen LogP contribution in [0.1, 0.15) is 11.3 Å². The quantitative estimate of drug-likeness (QED) is 0.470. The highest BCUT2D eigenvalue weighted by atomic mass is 19.2. The number of nitro groups is 1. The van der Waals surface area contributed by atoms with E-state index in [1.807, 2.05) is 0 Å². The summed E-state index contributed by atoms with van der Waals surface area (Å²) < 4.78 is 37.2. The summed E-state index contributed by atoms with van der Waals surface area (Å²) in [6, 6.07) is 8.13. The van der Waals surface area contributed by atoms with Crippen LogP contribution in [0, 0.1) is 21.7 Å². The van der Waals surface area contributed by atoms with Gasteiger partial charge in [-0.15, -0.1) is 0 Å². The van der Waals surface area contributed by atoms with Gasteiger partial charge in [0.25, 0.3) is 0 Å². The van der Waals surface area contributed by atoms with Gasteiger partial charge in [-0.2, -0.15) is 0 Å². The number of methoxy groups -OCH3 is 2. The lowest BCUT2D eigenvalue weighted by Crippen LogP contribution is -1.99. The first-order chi connectivity index (χ1) is 13.4. The fraction of sp³-hybridized carbons (Fsp3) is 0.158. The van der Waals surface area contributed by atoms with Crippen LogP contribution in [-0.4, -0.2) is 29.1 Å². The largest absolute Gasteiger partial charge is 0.496 e. The van der Waals surface area contributed by atoms with E-state index < -0.39 is 16.6 Å². The summed E-state index contributed by atoms with van der Waals surface area (Å²) >= 11 is 0. The molecule has 3 rings (SSSR count). The molecule has 0 saturated heterocycles. The second kappa shape index (κ2) is 7.95. The molecule has 0 bridgehead atoms. The first kappa shape index (κ1) is 19.2. The molecule has 0 atom stereocenters. The summed E-state index contributed by atoms with van der Waals surface area (Å²) in [6.07, 6.45) is 1.55. The number of halogens is 2. The predicted molar refractivity (Wildman–Crippen MR) is 96.4 cm³/mol. The monoisotopic (exact) mass is 387 g/mol. The van der Waals surface area contributed by atoms with Crippen LogP contribution in [0.15, 0.2) is 42.7 Å². The highest BCUT2D eigenvalue weighted by Gasteiger charge is 2.17. The minimum absolute atomic E-state index is 0.128. The van der Waals surface area contributed by atoms with Crippen molar-refractivity contribution in [2.75, 3.05) is 14.2 Å². The Morgan fingerprint density at radius 2 is 1.71 bits per heavy atom. The zero-order valence-electron chi connectivity index (χ0n) is 15.0. The minimum Gasteiger partial charge on any atom is -0.496 e. The first-order valence-electron chi connectivity index (χ1n) is 8.08. The fourth-order valence-electron chi connectivity index (χ4n) is 2.74. The van der Waals surface area contributed by atoms with Crippen LogP contribution in [0.25, 0.3) is 11.3 Å². The Balaban J connectivity index is 1.96. The lowest BCUT2D eigenvalue weighted by atomic mass is 10.1. The van der Waals surface area contributed by atoms with E-state index in [0.29, 0.717) is 17.0 Å². The van der Waals surface area contributed by atoms with Crippen LogP contribution in [0.5, 0.6) is 11.5 Å². The molecule has 0 N–H and O–H groups in total. The van der Waals surface area contributed by atoms with Crippen molar-refractivity contribution in [2.24, 2.45) is 0 Å². The van der Waals surface area contributed by atoms with Gasteiger partial charge in [0.15, 0.2) is 17.4 Å². The van der Waals surface area contributed by atoms with Gasteiger partial charge in [-0.1, -0.05) is 6.07 Å². The van der Waals surface area contributed by atoms with E-state index in [9.17, 15) is 18.9 Å². The number of benzene rings is 2. The summed E-state index contributed by atoms with van der Waals surface area (Å²) in [4.78, 5) is 18.9. The molecule has 3 aromatic rings. The zero-order valence-corrected chi connectivity index (χ0v) is 15.0. The number of rotatable bonds is 6. The standard InChI is InChI=1S/C19H15F2N3O4/c1-27-18-4-3-11(6-17(18)24(25)26)5-12-7-16(23-10-22-12)13-8-14(20)15(21)9-19(13)28-2/h3-4,6-10H,5H2,1-2H3. The molecular formula is C19H15F2N3O4. The highest BCUT2D eigenvalue weighted by Crippen LogP contribution is 2.32. The Morgan fingerprint density at radius 1 is 1.00 bits per heavy atom. The van der Waals surface area contributed by atoms with Crippen LogP contribution < -0.4 is 9.47 Å². The van der Waals surface area contributed by atoms with Gasteiger partial charge >= 0.3 is 5.69 Å². The zero-order chi connectivity index (χ0) is 20.3. The molecule has 0 amide bonds. The summed E-state index contributed by atoms with van der Waals surface area (Å²) in [7, 11) is 2.70. The van der Waals surface area contributed by atoms with Crippen LogP contribution >= 0.6 is 0 Å². The Hall–Kier alpha value is -3.62. The number of hydrogen-bond acceptors (Lipinski definition) is 6. The SMILES string of the molecule is COc1cc(F)c(F)cc1-c1cc(Cc2ccc(OC)c([N+](=O)[O-])c2)ncn1. The molecule has 1 aromatic heterocycles. The van der Waals surface area contributed by atoms with Crippen molar-refractivity contribution in [3.8, 4) is 22.8 Å². The summed E-state index contributed by atoms with van der Waals surface area (Å²) in [5.74, 6) is -1.77. The normalized spacial score (nSPS) is 10.6. The van der Waals surface area contributed by atoms with Crippen molar-refractivity contribution in [1.29, 1.82) is 0 Å². The molecule has 0 radical (unpaired) electrons. The van der Waals surface area contributed by atoms with Crippen LogP contribution in [0.2, 0.25) is 0 Å². The molecule has 9 heteroatoms. The lowest BCUT2D eigenvalue weighted by molar-refractivity contribution is -0.385. The molecule has 0 spiro atoms. The van der Waals surface area contributed by atoms with E-state index in [1.54, 1.807) is 12.1 Å². The van der Waals surface area contributed by atoms with E-state index in [0.717, 1.165) is 12.1 Å². The Labute approximate surface area is 158 Å². The smallest absolute Gasteiger partial charge is 0.311 e. The third kappa shape index (κ3) is 3.88. The molecule has 1 heterocycles. The van der Waals surface area contributed by atoms with Crippen LogP contribution in [-0.2, 0) is 6.42 Å². The fourth-order valence-corrected chi connectivity index (χ4v) is 2.74. The molecule has 7 nitrogen and oxygen atoms in total. The third-order valence-electron chi connectivity index (χ3n) is 4.07. The van der Waals surface area contributed by atoms with Gasteiger partial charge in [0.2, 0.25) is 0 Å². The highest BCUT2D eigenvalue weighted by molar-refractivity contribution is 5.67. The second-order valence-electron chi connectivity index (χ2n) is 5.80. The average molecular weight is 387 g/mol. The first-order valence-corrected chi connectivity index (χ1v) is 8.08. The minimum atomic E-state index is -1.03. The number of hydrogen-bond donors (Lipinski definition) is 0. The van der Waals surface area contributed by atoms with E-state index >= 15 is 0 Å². The van der Waals surface area contributed by atoms with Crippen LogP contribution in [0.4, 0.5) is 14.5 Å². The maximum absolute atomic E-state index is 13.7. The lowest BCUT2D eigenvalue weighted by Gasteiger charge is -2.10. The maximum atomic E-state index is 13.7. The number of nitrogens with zero attached hydrogens (tertiary/aromatic N) is 3. The van der Waals surface area contributed by atoms with Crippen molar-refractivity contribution in [3.63, 3.8) is 0 Å². The van der Waals surface area contributed by atoms with Crippen molar-refractivity contribution >= 4 is 5.69 Å². The van der Waals surface area contributed by atoms with Gasteiger partial charge in [-0.25, -0.2) is 18.7 Å². The Kier molecular flexibility index (Phi) is 5.44. The van der Waals surface area contributed by atoms with Crippen LogP contribution in [0.3, 0.4) is 0 Å². The van der Waals surface area contributed by atoms with Gasteiger partial charge in [0.05, 0.1) is 24.8 Å². The maximum Gasteiger partial charge on any atom is 0.311 e. The van der Waals surface area contributed by atoms with Crippen molar-refractivity contribution in [1.82, 2.24) is 9.97 Å². The summed E-state index contributed by atoms with van der Waals surface area (Å²) in [5.41, 5.74) is 1.62. The molecule has 0 aliphatic rings. The molecule has 144 valence electrons. The number of aromatic nitrogens is 2. The Bertz CT molecular complexity index is 1040. The second-order valence-corrected chi connectivity index (χ2v) is 5.80. The van der Waals surface area contributed by atoms with E-state index in [4.69, 9.17) is 9.47 Å². The molecule has 0 saturated carbocycles. The van der Waals surface area contributed by atoms with E-state index in [-0.39, 0.29) is 29.2 Å². The van der Waals surface area contributed by atoms with Crippen molar-refractivity contribution < 1.29 is 23.2 Å². The molecule has 28 heavy (non-hydrogen) atoms. The van der Waals surface area contributed by atoms with Gasteiger partial charge in [0, 0.05) is 29.8 Å². The molecule has 0 aliphatic heterocycles. The third-order valence-corrected chi connectivity index (χ3v) is 4.07. The average Bonchev–Trinajstić information content (AvgIpc) is 2.69. The van der Waals surface area contributed by atoms with Gasteiger partial charge in [-0.3, -0.25) is 10.1 Å². The van der Waals surface area contributed by atoms with Crippen molar-refractivity contribution in [3.05, 3.63) is 75.7 Å². The molecule has 2 aromatic carbocycles. The number of ether oxygens (including phenoxy) is 2. The summed E-state index contributed by atoms with van der Waals surface area (Å²) in [6.45, 7) is 0.